The zero-order valence-corrected chi connectivity index (χ0v) is 18.4. The van der Waals surface area contributed by atoms with Crippen molar-refractivity contribution in [2.45, 2.75) is 13.5 Å². The predicted octanol–water partition coefficient (Wildman–Crippen LogP) is 2.45. The number of aromatic amines is 1. The minimum absolute atomic E-state index is 0.667. The summed E-state index contributed by atoms with van der Waals surface area (Å²) in [7, 11) is 8.05. The van der Waals surface area contributed by atoms with E-state index in [1.54, 1.807) is 13.3 Å². The summed E-state index contributed by atoms with van der Waals surface area (Å²) < 4.78 is 5.26. The predicted molar refractivity (Wildman–Crippen MR) is 128 cm³/mol. The number of nitrogens with zero attached hydrogens (tertiary/aromatic N) is 5. The maximum atomic E-state index is 6.39. The molecule has 1 saturated heterocycles. The highest BCUT2D eigenvalue weighted by atomic mass is 16.5. The first-order valence-electron chi connectivity index (χ1n) is 10.8. The molecular formula is C24H25BN6O. The molecule has 1 N–H and O–H groups in total. The molecule has 0 amide bonds. The van der Waals surface area contributed by atoms with Gasteiger partial charge >= 0.3 is 0 Å². The first kappa shape index (κ1) is 20.5. The molecule has 0 saturated carbocycles. The summed E-state index contributed by atoms with van der Waals surface area (Å²) in [4.78, 5) is 21.7. The second-order valence-electron chi connectivity index (χ2n) is 8.14. The van der Waals surface area contributed by atoms with Gasteiger partial charge in [-0.2, -0.15) is 0 Å². The molecule has 0 atom stereocenters. The van der Waals surface area contributed by atoms with E-state index < -0.39 is 0 Å². The fraction of sp³-hybridized carbons (Fsp3) is 0.292. The van der Waals surface area contributed by atoms with Crippen molar-refractivity contribution in [3.63, 3.8) is 0 Å². The van der Waals surface area contributed by atoms with Crippen LogP contribution >= 0.6 is 0 Å². The van der Waals surface area contributed by atoms with Crippen molar-refractivity contribution in [2.75, 3.05) is 38.2 Å². The first-order valence-corrected chi connectivity index (χ1v) is 10.8. The van der Waals surface area contributed by atoms with Crippen molar-refractivity contribution in [1.29, 1.82) is 0 Å². The topological polar surface area (TPSA) is 70.2 Å². The van der Waals surface area contributed by atoms with E-state index >= 15 is 0 Å². The van der Waals surface area contributed by atoms with Crippen molar-refractivity contribution in [2.24, 2.45) is 0 Å². The first-order chi connectivity index (χ1) is 15.6. The minimum atomic E-state index is 0.667. The van der Waals surface area contributed by atoms with Crippen molar-refractivity contribution in [3.8, 4) is 17.1 Å². The Kier molecular flexibility index (Phi) is 5.53. The molecule has 0 spiro atoms. The Balaban J connectivity index is 1.37. The van der Waals surface area contributed by atoms with Gasteiger partial charge in [-0.25, -0.2) is 9.97 Å². The van der Waals surface area contributed by atoms with E-state index in [1.807, 2.05) is 37.4 Å². The third kappa shape index (κ3) is 4.06. The lowest BCUT2D eigenvalue weighted by Gasteiger charge is -2.37. The highest BCUT2D eigenvalue weighted by molar-refractivity contribution is 6.37. The summed E-state index contributed by atoms with van der Waals surface area (Å²) >= 11 is 0. The number of methoxy groups -OCH3 is 1. The summed E-state index contributed by atoms with van der Waals surface area (Å²) in [6.45, 7) is 6.68. The number of hydrogen-bond donors (Lipinski definition) is 1. The minimum Gasteiger partial charge on any atom is -0.497 e. The number of nitrogens with one attached hydrogen (secondary N) is 1. The number of hydrogen-bond acceptors (Lipinski definition) is 6. The van der Waals surface area contributed by atoms with E-state index in [-0.39, 0.29) is 0 Å². The summed E-state index contributed by atoms with van der Waals surface area (Å²) in [5.41, 5.74) is 6.55. The second kappa shape index (κ2) is 8.63. The molecule has 4 aromatic rings. The Morgan fingerprint density at radius 2 is 1.84 bits per heavy atom. The van der Waals surface area contributed by atoms with E-state index in [4.69, 9.17) is 17.6 Å². The molecule has 1 aromatic carbocycles. The lowest BCUT2D eigenvalue weighted by molar-refractivity contribution is 0.250. The maximum absolute atomic E-state index is 6.39. The number of pyridine rings is 2. The standard InChI is InChI=1S/C24H25BN6O/c1-16-13-17(7-8-26-16)15-30-9-11-31(12-10-30)22-20(25)14-27-24-21(22)28-23(29-24)18-3-5-19(32-2)6-4-18/h3-8,13-14H,9-12,15H2,1-2H3,(H,27,28,29). The quantitative estimate of drug-likeness (QED) is 0.497. The van der Waals surface area contributed by atoms with E-state index in [0.29, 0.717) is 11.1 Å². The Labute approximate surface area is 188 Å². The molecule has 0 bridgehead atoms. The van der Waals surface area contributed by atoms with Gasteiger partial charge in [-0.1, -0.05) is 5.46 Å². The molecule has 3 aromatic heterocycles. The van der Waals surface area contributed by atoms with Gasteiger partial charge in [0.1, 0.15) is 24.9 Å². The van der Waals surface area contributed by atoms with Crippen molar-refractivity contribution >= 4 is 30.2 Å². The number of piperazine rings is 1. The van der Waals surface area contributed by atoms with Gasteiger partial charge in [-0.05, 0) is 48.9 Å². The number of imidazole rings is 1. The molecule has 0 aliphatic carbocycles. The fourth-order valence-electron chi connectivity index (χ4n) is 4.28. The number of rotatable bonds is 5. The monoisotopic (exact) mass is 424 g/mol. The molecule has 7 nitrogen and oxygen atoms in total. The lowest BCUT2D eigenvalue weighted by Crippen LogP contribution is -2.47. The Morgan fingerprint density at radius 1 is 1.06 bits per heavy atom. The average Bonchev–Trinajstić information content (AvgIpc) is 3.24. The Bertz CT molecular complexity index is 1230. The van der Waals surface area contributed by atoms with E-state index in [1.165, 1.54) is 5.56 Å². The van der Waals surface area contributed by atoms with Gasteiger partial charge < -0.3 is 14.6 Å². The summed E-state index contributed by atoms with van der Waals surface area (Å²) in [5, 5.41) is 0. The molecule has 1 aliphatic rings. The SMILES string of the molecule is [B]c1cnc2nc(-c3ccc(OC)cc3)[nH]c2c1N1CCN(Cc2ccnc(C)c2)CC1. The van der Waals surface area contributed by atoms with Gasteiger partial charge in [0, 0.05) is 56.4 Å². The van der Waals surface area contributed by atoms with E-state index in [0.717, 1.165) is 66.8 Å². The van der Waals surface area contributed by atoms with Crippen LogP contribution in [0.15, 0.2) is 48.8 Å². The normalized spacial score (nSPS) is 14.8. The zero-order valence-electron chi connectivity index (χ0n) is 18.4. The molecule has 1 aliphatic heterocycles. The molecule has 32 heavy (non-hydrogen) atoms. The third-order valence-corrected chi connectivity index (χ3v) is 5.94. The van der Waals surface area contributed by atoms with Crippen molar-refractivity contribution in [3.05, 3.63) is 60.0 Å². The maximum Gasteiger partial charge on any atom is 0.180 e. The Morgan fingerprint density at radius 3 is 2.56 bits per heavy atom. The van der Waals surface area contributed by atoms with Crippen LogP contribution in [0.3, 0.4) is 0 Å². The largest absolute Gasteiger partial charge is 0.497 e. The van der Waals surface area contributed by atoms with Gasteiger partial charge in [-0.3, -0.25) is 9.88 Å². The molecule has 5 rings (SSSR count). The number of aromatic nitrogens is 4. The molecular weight excluding hydrogens is 399 g/mol. The van der Waals surface area contributed by atoms with Crippen LogP contribution in [0.4, 0.5) is 5.69 Å². The van der Waals surface area contributed by atoms with E-state index in [2.05, 4.69) is 36.9 Å². The van der Waals surface area contributed by atoms with Crippen LogP contribution in [0.5, 0.6) is 5.75 Å². The summed E-state index contributed by atoms with van der Waals surface area (Å²) in [6.07, 6.45) is 3.59. The zero-order chi connectivity index (χ0) is 22.1. The van der Waals surface area contributed by atoms with Gasteiger partial charge in [0.05, 0.1) is 12.8 Å². The summed E-state index contributed by atoms with van der Waals surface area (Å²) in [6, 6.07) is 12.1. The molecule has 0 unspecified atom stereocenters. The molecule has 8 heteroatoms. The van der Waals surface area contributed by atoms with Gasteiger partial charge in [0.25, 0.3) is 0 Å². The van der Waals surface area contributed by atoms with Crippen LogP contribution < -0.4 is 15.1 Å². The number of aryl methyl sites for hydroxylation is 1. The average molecular weight is 424 g/mol. The highest BCUT2D eigenvalue weighted by Crippen LogP contribution is 2.27. The van der Waals surface area contributed by atoms with Crippen molar-refractivity contribution < 1.29 is 4.74 Å². The van der Waals surface area contributed by atoms with Crippen molar-refractivity contribution in [1.82, 2.24) is 24.8 Å². The highest BCUT2D eigenvalue weighted by Gasteiger charge is 2.22. The van der Waals surface area contributed by atoms with E-state index in [9.17, 15) is 0 Å². The van der Waals surface area contributed by atoms with Crippen LogP contribution in [0.25, 0.3) is 22.6 Å². The molecule has 160 valence electrons. The second-order valence-corrected chi connectivity index (χ2v) is 8.14. The number of ether oxygens (including phenoxy) is 1. The fourth-order valence-corrected chi connectivity index (χ4v) is 4.28. The van der Waals surface area contributed by atoms with Crippen LogP contribution in [0.2, 0.25) is 0 Å². The van der Waals surface area contributed by atoms with Crippen LogP contribution in [0, 0.1) is 6.92 Å². The van der Waals surface area contributed by atoms with Crippen LogP contribution in [-0.2, 0) is 6.54 Å². The number of anilines is 1. The molecule has 2 radical (unpaired) electrons. The van der Waals surface area contributed by atoms with Crippen LogP contribution in [0.1, 0.15) is 11.3 Å². The van der Waals surface area contributed by atoms with Gasteiger partial charge in [0.2, 0.25) is 0 Å². The number of H-pyrrole nitrogens is 1. The molecule has 4 heterocycles. The third-order valence-electron chi connectivity index (χ3n) is 5.94. The number of fused-ring (bicyclic) bond motifs is 1. The van der Waals surface area contributed by atoms with Gasteiger partial charge in [-0.15, -0.1) is 0 Å². The number of benzene rings is 1. The smallest absolute Gasteiger partial charge is 0.180 e. The Hall–Kier alpha value is -3.39. The molecule has 1 fully saturated rings. The lowest BCUT2D eigenvalue weighted by atomic mass is 9.95. The van der Waals surface area contributed by atoms with Crippen LogP contribution in [-0.4, -0.2) is 66.0 Å². The summed E-state index contributed by atoms with van der Waals surface area (Å²) in [5.74, 6) is 1.58. The van der Waals surface area contributed by atoms with Gasteiger partial charge in [0.15, 0.2) is 5.65 Å².